The quantitative estimate of drug-likeness (QED) is 0.703. The summed E-state index contributed by atoms with van der Waals surface area (Å²) in [5, 5.41) is 7.40. The van der Waals surface area contributed by atoms with Crippen LogP contribution in [0.4, 0.5) is 10.5 Å². The zero-order chi connectivity index (χ0) is 19.5. The second-order valence-corrected chi connectivity index (χ2v) is 7.02. The molecular formula is C20H19ClN4O3. The first kappa shape index (κ1) is 18.3. The molecule has 1 aliphatic heterocycles. The lowest BCUT2D eigenvalue weighted by molar-refractivity contribution is 0.147. The molecule has 144 valence electrons. The molecule has 0 aliphatic carbocycles. The first-order chi connectivity index (χ1) is 13.6. The van der Waals surface area contributed by atoms with Crippen molar-refractivity contribution in [3.8, 4) is 5.75 Å². The molecule has 8 heteroatoms. The highest BCUT2D eigenvalue weighted by Gasteiger charge is 2.36. The second-order valence-electron chi connectivity index (χ2n) is 6.59. The number of hydrogen-bond acceptors (Lipinski definition) is 5. The molecule has 1 aliphatic rings. The number of nitrogens with one attached hydrogen (secondary N) is 1. The molecule has 0 saturated carbocycles. The molecule has 4 rings (SSSR count). The number of nitrogens with zero attached hydrogens (tertiary/aromatic N) is 3. The molecule has 7 nitrogen and oxygen atoms in total. The number of urea groups is 1. The molecule has 0 radical (unpaired) electrons. The standard InChI is InChI=1S/C20H19ClN4O3/c1-27-17-8-7-15(21)10-16(17)22-20(26)25-11-14(12-25)19-23-18(24-28-19)9-13-5-3-2-4-6-13/h2-8,10,14H,9,11-12H2,1H3,(H,22,26). The van der Waals surface area contributed by atoms with Gasteiger partial charge in [-0.2, -0.15) is 4.98 Å². The Labute approximate surface area is 167 Å². The molecule has 2 amide bonds. The van der Waals surface area contributed by atoms with Crippen LogP contribution in [0.1, 0.15) is 23.2 Å². The minimum atomic E-state index is -0.221. The molecule has 0 unspecified atom stereocenters. The topological polar surface area (TPSA) is 80.5 Å². The first-order valence-electron chi connectivity index (χ1n) is 8.88. The van der Waals surface area contributed by atoms with Gasteiger partial charge >= 0.3 is 6.03 Å². The average Bonchev–Trinajstić information content (AvgIpc) is 3.09. The molecule has 3 aromatic rings. The van der Waals surface area contributed by atoms with Gasteiger partial charge in [0.15, 0.2) is 5.82 Å². The van der Waals surface area contributed by atoms with E-state index < -0.39 is 0 Å². The Hall–Kier alpha value is -3.06. The number of rotatable bonds is 5. The van der Waals surface area contributed by atoms with Crippen molar-refractivity contribution in [3.05, 3.63) is 70.8 Å². The summed E-state index contributed by atoms with van der Waals surface area (Å²) in [4.78, 5) is 18.6. The summed E-state index contributed by atoms with van der Waals surface area (Å²) in [7, 11) is 1.54. The fourth-order valence-electron chi connectivity index (χ4n) is 3.06. The van der Waals surface area contributed by atoms with Gasteiger partial charge in [0.2, 0.25) is 5.89 Å². The number of likely N-dealkylation sites (tertiary alicyclic amines) is 1. The third kappa shape index (κ3) is 3.94. The highest BCUT2D eigenvalue weighted by atomic mass is 35.5. The van der Waals surface area contributed by atoms with Crippen molar-refractivity contribution in [1.29, 1.82) is 0 Å². The maximum Gasteiger partial charge on any atom is 0.321 e. The fourth-order valence-corrected chi connectivity index (χ4v) is 3.23. The largest absolute Gasteiger partial charge is 0.495 e. The lowest BCUT2D eigenvalue weighted by atomic mass is 10.0. The van der Waals surface area contributed by atoms with Crippen molar-refractivity contribution in [2.75, 3.05) is 25.5 Å². The summed E-state index contributed by atoms with van der Waals surface area (Å²) < 4.78 is 10.6. The van der Waals surface area contributed by atoms with Crippen LogP contribution in [0.2, 0.25) is 5.02 Å². The predicted octanol–water partition coefficient (Wildman–Crippen LogP) is 3.95. The van der Waals surface area contributed by atoms with E-state index in [-0.39, 0.29) is 11.9 Å². The van der Waals surface area contributed by atoms with Crippen molar-refractivity contribution >= 4 is 23.3 Å². The summed E-state index contributed by atoms with van der Waals surface area (Å²) in [6.07, 6.45) is 0.621. The molecule has 1 aromatic heterocycles. The zero-order valence-electron chi connectivity index (χ0n) is 15.3. The Morgan fingerprint density at radius 3 is 2.82 bits per heavy atom. The molecule has 1 saturated heterocycles. The Morgan fingerprint density at radius 2 is 2.07 bits per heavy atom. The van der Waals surface area contributed by atoms with Crippen LogP contribution in [-0.2, 0) is 6.42 Å². The Kier molecular flexibility index (Phi) is 5.16. The van der Waals surface area contributed by atoms with Gasteiger partial charge in [0.25, 0.3) is 0 Å². The van der Waals surface area contributed by atoms with E-state index in [0.717, 1.165) is 5.56 Å². The maximum atomic E-state index is 12.4. The van der Waals surface area contributed by atoms with Gasteiger partial charge in [0, 0.05) is 24.5 Å². The van der Waals surface area contributed by atoms with Gasteiger partial charge in [-0.1, -0.05) is 47.1 Å². The summed E-state index contributed by atoms with van der Waals surface area (Å²) in [5.74, 6) is 1.81. The molecule has 0 atom stereocenters. The fraction of sp³-hybridized carbons (Fsp3) is 0.250. The average molecular weight is 399 g/mol. The van der Waals surface area contributed by atoms with Gasteiger partial charge in [-0.15, -0.1) is 0 Å². The van der Waals surface area contributed by atoms with Gasteiger partial charge in [-0.3, -0.25) is 0 Å². The van der Waals surface area contributed by atoms with Crippen molar-refractivity contribution in [2.24, 2.45) is 0 Å². The van der Waals surface area contributed by atoms with Crippen molar-refractivity contribution < 1.29 is 14.1 Å². The van der Waals surface area contributed by atoms with E-state index in [1.165, 1.54) is 0 Å². The van der Waals surface area contributed by atoms with E-state index in [1.807, 2.05) is 30.3 Å². The van der Waals surface area contributed by atoms with Gasteiger partial charge < -0.3 is 19.5 Å². The minimum absolute atomic E-state index is 0.0454. The molecular weight excluding hydrogens is 380 g/mol. The first-order valence-corrected chi connectivity index (χ1v) is 9.26. The lowest BCUT2D eigenvalue weighted by Gasteiger charge is -2.36. The van der Waals surface area contributed by atoms with E-state index in [4.69, 9.17) is 20.9 Å². The van der Waals surface area contributed by atoms with Crippen LogP contribution in [0.5, 0.6) is 5.75 Å². The SMILES string of the molecule is COc1ccc(Cl)cc1NC(=O)N1CC(c2nc(Cc3ccccc3)no2)C1. The number of carbonyl (C=O) groups excluding carboxylic acids is 1. The third-order valence-corrected chi connectivity index (χ3v) is 4.85. The number of anilines is 1. The molecule has 0 bridgehead atoms. The monoisotopic (exact) mass is 398 g/mol. The Balaban J connectivity index is 1.33. The van der Waals surface area contributed by atoms with Crippen LogP contribution in [0.25, 0.3) is 0 Å². The summed E-state index contributed by atoms with van der Waals surface area (Å²) in [6.45, 7) is 1.03. The second kappa shape index (κ2) is 7.90. The predicted molar refractivity (Wildman–Crippen MR) is 105 cm³/mol. The van der Waals surface area contributed by atoms with Crippen LogP contribution in [-0.4, -0.2) is 41.3 Å². The molecule has 1 N–H and O–H groups in total. The number of methoxy groups -OCH3 is 1. The highest BCUT2D eigenvalue weighted by Crippen LogP contribution is 2.30. The van der Waals surface area contributed by atoms with Gasteiger partial charge in [0.05, 0.1) is 18.7 Å². The summed E-state index contributed by atoms with van der Waals surface area (Å²) in [5.41, 5.74) is 1.66. The molecule has 0 spiro atoms. The van der Waals surface area contributed by atoms with Crippen LogP contribution < -0.4 is 10.1 Å². The normalized spacial score (nSPS) is 13.9. The lowest BCUT2D eigenvalue weighted by Crippen LogP contribution is -2.50. The number of amides is 2. The van der Waals surface area contributed by atoms with Crippen LogP contribution in [0.3, 0.4) is 0 Å². The zero-order valence-corrected chi connectivity index (χ0v) is 16.0. The number of benzene rings is 2. The molecule has 2 aromatic carbocycles. The molecule has 28 heavy (non-hydrogen) atoms. The van der Waals surface area contributed by atoms with Crippen molar-refractivity contribution in [1.82, 2.24) is 15.0 Å². The maximum absolute atomic E-state index is 12.4. The van der Waals surface area contributed by atoms with Crippen LogP contribution in [0.15, 0.2) is 53.1 Å². The van der Waals surface area contributed by atoms with Gasteiger partial charge in [0.1, 0.15) is 5.75 Å². The highest BCUT2D eigenvalue weighted by molar-refractivity contribution is 6.31. The van der Waals surface area contributed by atoms with E-state index in [0.29, 0.717) is 47.7 Å². The van der Waals surface area contributed by atoms with Gasteiger partial charge in [-0.05, 0) is 23.8 Å². The smallest absolute Gasteiger partial charge is 0.321 e. The number of aromatic nitrogens is 2. The number of halogens is 1. The van der Waals surface area contributed by atoms with Crippen molar-refractivity contribution in [2.45, 2.75) is 12.3 Å². The molecule has 1 fully saturated rings. The van der Waals surface area contributed by atoms with E-state index in [1.54, 1.807) is 30.2 Å². The minimum Gasteiger partial charge on any atom is -0.495 e. The van der Waals surface area contributed by atoms with Gasteiger partial charge in [-0.25, -0.2) is 4.79 Å². The Bertz CT molecular complexity index is 971. The van der Waals surface area contributed by atoms with Crippen LogP contribution in [0, 0.1) is 0 Å². The van der Waals surface area contributed by atoms with E-state index in [2.05, 4.69) is 15.5 Å². The number of carbonyl (C=O) groups is 1. The summed E-state index contributed by atoms with van der Waals surface area (Å²) in [6, 6.07) is 14.8. The number of ether oxygens (including phenoxy) is 1. The number of hydrogen-bond donors (Lipinski definition) is 1. The molecule has 2 heterocycles. The van der Waals surface area contributed by atoms with E-state index in [9.17, 15) is 4.79 Å². The summed E-state index contributed by atoms with van der Waals surface area (Å²) >= 11 is 6.00. The van der Waals surface area contributed by atoms with E-state index >= 15 is 0 Å². The van der Waals surface area contributed by atoms with Crippen LogP contribution >= 0.6 is 11.6 Å². The third-order valence-electron chi connectivity index (χ3n) is 4.61. The van der Waals surface area contributed by atoms with Crippen molar-refractivity contribution in [3.63, 3.8) is 0 Å². The Morgan fingerprint density at radius 1 is 1.29 bits per heavy atom.